The molecule has 2 rings (SSSR count). The molecule has 1 atom stereocenters. The third kappa shape index (κ3) is 2.47. The Morgan fingerprint density at radius 3 is 2.59 bits per heavy atom. The van der Waals surface area contributed by atoms with E-state index >= 15 is 0 Å². The van der Waals surface area contributed by atoms with E-state index in [1.807, 2.05) is 37.3 Å². The highest BCUT2D eigenvalue weighted by Crippen LogP contribution is 2.21. The van der Waals surface area contributed by atoms with E-state index in [1.54, 1.807) is 12.3 Å². The molecule has 1 amide bonds. The molecule has 1 aromatic heterocycles. The molecule has 0 saturated carbocycles. The number of aromatic nitrogens is 2. The first-order valence-electron chi connectivity index (χ1n) is 5.36. The molecule has 0 aliphatic carbocycles. The molecular weight excluding hydrogens is 214 g/mol. The molecule has 4 heteroatoms. The van der Waals surface area contributed by atoms with Crippen LogP contribution in [0.5, 0.6) is 0 Å². The Balaban J connectivity index is 2.34. The van der Waals surface area contributed by atoms with Crippen molar-refractivity contribution in [1.82, 2.24) is 9.97 Å². The second-order valence-corrected chi connectivity index (χ2v) is 3.80. The van der Waals surface area contributed by atoms with Crippen molar-refractivity contribution in [2.45, 2.75) is 12.8 Å². The summed E-state index contributed by atoms with van der Waals surface area (Å²) in [4.78, 5) is 19.0. The molecule has 2 N–H and O–H groups in total. The molecule has 1 aromatic carbocycles. The maximum absolute atomic E-state index is 11.0. The second-order valence-electron chi connectivity index (χ2n) is 3.80. The predicted molar refractivity (Wildman–Crippen MR) is 64.5 cm³/mol. The van der Waals surface area contributed by atoms with Gasteiger partial charge in [0.1, 0.15) is 0 Å². The maximum Gasteiger partial charge on any atom is 0.286 e. The van der Waals surface area contributed by atoms with E-state index in [0.717, 1.165) is 11.3 Å². The largest absolute Gasteiger partial charge is 0.363 e. The van der Waals surface area contributed by atoms with Crippen LogP contribution in [0.2, 0.25) is 0 Å². The van der Waals surface area contributed by atoms with Gasteiger partial charge in [0, 0.05) is 12.1 Å². The van der Waals surface area contributed by atoms with Crippen LogP contribution in [-0.2, 0) is 0 Å². The lowest BCUT2D eigenvalue weighted by Crippen LogP contribution is -2.16. The molecule has 0 aliphatic heterocycles. The molecule has 0 saturated heterocycles. The standard InChI is InChI=1S/C13H13N3O/c1-9(10-5-3-2-4-6-10)11-7-8-15-13(16-11)12(14)17/h2-9H,1H3,(H2,14,17)/t9-/m1/s1. The van der Waals surface area contributed by atoms with Gasteiger partial charge in [-0.15, -0.1) is 0 Å². The first-order chi connectivity index (χ1) is 8.18. The number of carbonyl (C=O) groups excluding carboxylic acids is 1. The van der Waals surface area contributed by atoms with Crippen molar-refractivity contribution in [2.75, 3.05) is 0 Å². The second kappa shape index (κ2) is 4.74. The van der Waals surface area contributed by atoms with Gasteiger partial charge in [-0.2, -0.15) is 0 Å². The van der Waals surface area contributed by atoms with E-state index in [4.69, 9.17) is 5.73 Å². The van der Waals surface area contributed by atoms with Gasteiger partial charge in [0.25, 0.3) is 5.91 Å². The van der Waals surface area contributed by atoms with Crippen LogP contribution in [0.3, 0.4) is 0 Å². The highest BCUT2D eigenvalue weighted by Gasteiger charge is 2.12. The minimum Gasteiger partial charge on any atom is -0.363 e. The van der Waals surface area contributed by atoms with Gasteiger partial charge in [-0.3, -0.25) is 4.79 Å². The zero-order valence-corrected chi connectivity index (χ0v) is 9.50. The molecule has 1 heterocycles. The molecule has 0 radical (unpaired) electrons. The monoisotopic (exact) mass is 227 g/mol. The SMILES string of the molecule is C[C@H](c1ccccc1)c1ccnc(C(N)=O)n1. The smallest absolute Gasteiger partial charge is 0.286 e. The fraction of sp³-hybridized carbons (Fsp3) is 0.154. The summed E-state index contributed by atoms with van der Waals surface area (Å²) in [5.41, 5.74) is 7.09. The lowest BCUT2D eigenvalue weighted by Gasteiger charge is -2.11. The van der Waals surface area contributed by atoms with Gasteiger partial charge in [-0.1, -0.05) is 37.3 Å². The molecule has 0 bridgehead atoms. The average molecular weight is 227 g/mol. The summed E-state index contributed by atoms with van der Waals surface area (Å²) in [5, 5.41) is 0. The summed E-state index contributed by atoms with van der Waals surface area (Å²) in [6, 6.07) is 11.8. The van der Waals surface area contributed by atoms with Gasteiger partial charge in [-0.05, 0) is 11.6 Å². The van der Waals surface area contributed by atoms with E-state index < -0.39 is 5.91 Å². The van der Waals surface area contributed by atoms with Gasteiger partial charge >= 0.3 is 0 Å². The molecule has 2 aromatic rings. The normalized spacial score (nSPS) is 12.1. The number of amides is 1. The summed E-state index contributed by atoms with van der Waals surface area (Å²) in [7, 11) is 0. The van der Waals surface area contributed by atoms with Crippen LogP contribution in [0, 0.1) is 0 Å². The minimum atomic E-state index is -0.605. The van der Waals surface area contributed by atoms with E-state index in [1.165, 1.54) is 0 Å². The number of benzene rings is 1. The Morgan fingerprint density at radius 1 is 1.24 bits per heavy atom. The number of nitrogens with two attached hydrogens (primary N) is 1. The third-order valence-electron chi connectivity index (χ3n) is 2.64. The molecule has 86 valence electrons. The maximum atomic E-state index is 11.0. The van der Waals surface area contributed by atoms with Crippen molar-refractivity contribution in [3.05, 3.63) is 59.7 Å². The summed E-state index contributed by atoms with van der Waals surface area (Å²) < 4.78 is 0. The number of nitrogens with zero attached hydrogens (tertiary/aromatic N) is 2. The highest BCUT2D eigenvalue weighted by molar-refractivity contribution is 5.88. The molecule has 0 aliphatic rings. The Hall–Kier alpha value is -2.23. The van der Waals surface area contributed by atoms with Gasteiger partial charge in [-0.25, -0.2) is 9.97 Å². The van der Waals surface area contributed by atoms with Crippen molar-refractivity contribution < 1.29 is 4.79 Å². The summed E-state index contributed by atoms with van der Waals surface area (Å²) in [5.74, 6) is -0.435. The van der Waals surface area contributed by atoms with E-state index in [9.17, 15) is 4.79 Å². The van der Waals surface area contributed by atoms with Crippen molar-refractivity contribution in [3.8, 4) is 0 Å². The van der Waals surface area contributed by atoms with E-state index in [-0.39, 0.29) is 11.7 Å². The van der Waals surface area contributed by atoms with Crippen LogP contribution >= 0.6 is 0 Å². The molecule has 0 unspecified atom stereocenters. The predicted octanol–water partition coefficient (Wildman–Crippen LogP) is 1.73. The molecule has 0 spiro atoms. The Bertz CT molecular complexity index is 525. The zero-order valence-electron chi connectivity index (χ0n) is 9.50. The topological polar surface area (TPSA) is 68.9 Å². The fourth-order valence-corrected chi connectivity index (χ4v) is 1.65. The molecular formula is C13H13N3O. The van der Waals surface area contributed by atoms with Crippen molar-refractivity contribution in [2.24, 2.45) is 5.73 Å². The number of carbonyl (C=O) groups is 1. The van der Waals surface area contributed by atoms with Crippen molar-refractivity contribution >= 4 is 5.91 Å². The van der Waals surface area contributed by atoms with Crippen LogP contribution in [0.1, 0.15) is 34.7 Å². The summed E-state index contributed by atoms with van der Waals surface area (Å²) in [6.45, 7) is 2.03. The lowest BCUT2D eigenvalue weighted by atomic mass is 9.98. The average Bonchev–Trinajstić information content (AvgIpc) is 2.39. The van der Waals surface area contributed by atoms with Crippen LogP contribution < -0.4 is 5.73 Å². The Kier molecular flexibility index (Phi) is 3.14. The van der Waals surface area contributed by atoms with Crippen LogP contribution in [-0.4, -0.2) is 15.9 Å². The van der Waals surface area contributed by atoms with E-state index in [0.29, 0.717) is 0 Å². The number of hydrogen-bond donors (Lipinski definition) is 1. The molecule has 4 nitrogen and oxygen atoms in total. The number of primary amides is 1. The van der Waals surface area contributed by atoms with E-state index in [2.05, 4.69) is 9.97 Å². The van der Waals surface area contributed by atoms with Gasteiger partial charge in [0.05, 0.1) is 5.69 Å². The lowest BCUT2D eigenvalue weighted by molar-refractivity contribution is 0.0990. The Labute approximate surface area is 99.5 Å². The summed E-state index contributed by atoms with van der Waals surface area (Å²) >= 11 is 0. The van der Waals surface area contributed by atoms with Crippen LogP contribution in [0.15, 0.2) is 42.6 Å². The van der Waals surface area contributed by atoms with Crippen LogP contribution in [0.4, 0.5) is 0 Å². The zero-order chi connectivity index (χ0) is 12.3. The first kappa shape index (κ1) is 11.3. The molecule has 0 fully saturated rings. The Morgan fingerprint density at radius 2 is 1.94 bits per heavy atom. The molecule has 17 heavy (non-hydrogen) atoms. The van der Waals surface area contributed by atoms with Gasteiger partial charge in [0.2, 0.25) is 5.82 Å². The third-order valence-corrected chi connectivity index (χ3v) is 2.64. The number of rotatable bonds is 3. The first-order valence-corrected chi connectivity index (χ1v) is 5.36. The van der Waals surface area contributed by atoms with Crippen molar-refractivity contribution in [1.29, 1.82) is 0 Å². The van der Waals surface area contributed by atoms with Crippen molar-refractivity contribution in [3.63, 3.8) is 0 Å². The fourth-order valence-electron chi connectivity index (χ4n) is 1.65. The van der Waals surface area contributed by atoms with Gasteiger partial charge < -0.3 is 5.73 Å². The number of hydrogen-bond acceptors (Lipinski definition) is 3. The quantitative estimate of drug-likeness (QED) is 0.868. The highest BCUT2D eigenvalue weighted by atomic mass is 16.1. The van der Waals surface area contributed by atoms with Gasteiger partial charge in [0.15, 0.2) is 0 Å². The summed E-state index contributed by atoms with van der Waals surface area (Å²) in [6.07, 6.45) is 1.56. The van der Waals surface area contributed by atoms with Crippen LogP contribution in [0.25, 0.3) is 0 Å². The minimum absolute atomic E-state index is 0.0604.